The summed E-state index contributed by atoms with van der Waals surface area (Å²) in [5.41, 5.74) is 6.40. The molecule has 0 spiro atoms. The molecular formula is C25H28N4O. The maximum Gasteiger partial charge on any atom is 0.229 e. The summed E-state index contributed by atoms with van der Waals surface area (Å²) in [5, 5.41) is 6.72. The molecule has 0 bridgehead atoms. The van der Waals surface area contributed by atoms with Gasteiger partial charge in [-0.1, -0.05) is 30.8 Å². The van der Waals surface area contributed by atoms with Crippen LogP contribution in [0.25, 0.3) is 0 Å². The van der Waals surface area contributed by atoms with Crippen molar-refractivity contribution < 1.29 is 4.79 Å². The van der Waals surface area contributed by atoms with Crippen molar-refractivity contribution in [3.63, 3.8) is 0 Å². The van der Waals surface area contributed by atoms with Gasteiger partial charge < -0.3 is 10.6 Å². The highest BCUT2D eigenvalue weighted by molar-refractivity contribution is 5.88. The minimum atomic E-state index is 0.0853. The van der Waals surface area contributed by atoms with E-state index >= 15 is 0 Å². The second kappa shape index (κ2) is 9.83. The van der Waals surface area contributed by atoms with Crippen molar-refractivity contribution in [2.24, 2.45) is 0 Å². The number of allylic oxidation sites excluding steroid dienone is 1. The van der Waals surface area contributed by atoms with Gasteiger partial charge in [-0.15, -0.1) is 0 Å². The highest BCUT2D eigenvalue weighted by atomic mass is 16.1. The first-order valence-electron chi connectivity index (χ1n) is 10.1. The van der Waals surface area contributed by atoms with E-state index in [0.29, 0.717) is 12.4 Å². The lowest BCUT2D eigenvalue weighted by Crippen LogP contribution is -2.04. The smallest absolute Gasteiger partial charge is 0.229 e. The average molecular weight is 401 g/mol. The lowest BCUT2D eigenvalue weighted by molar-refractivity contribution is -0.114. The van der Waals surface area contributed by atoms with Crippen LogP contribution in [0.3, 0.4) is 0 Å². The van der Waals surface area contributed by atoms with Crippen LogP contribution in [-0.4, -0.2) is 15.8 Å². The number of aryl methyl sites for hydroxylation is 4. The lowest BCUT2D eigenvalue weighted by Gasteiger charge is -2.13. The van der Waals surface area contributed by atoms with Crippen LogP contribution >= 0.6 is 0 Å². The summed E-state index contributed by atoms with van der Waals surface area (Å²) in [7, 11) is 0. The number of anilines is 4. The number of aromatic nitrogens is 2. The molecule has 0 amide bonds. The van der Waals surface area contributed by atoms with Gasteiger partial charge in [0.25, 0.3) is 0 Å². The highest BCUT2D eigenvalue weighted by Crippen LogP contribution is 2.24. The summed E-state index contributed by atoms with van der Waals surface area (Å²) in [6.07, 6.45) is 5.37. The van der Waals surface area contributed by atoms with E-state index in [2.05, 4.69) is 64.4 Å². The molecule has 0 aliphatic heterocycles. The van der Waals surface area contributed by atoms with Crippen LogP contribution in [0.4, 0.5) is 23.1 Å². The number of hydrogen-bond acceptors (Lipinski definition) is 5. The quantitative estimate of drug-likeness (QED) is 0.433. The molecule has 3 rings (SSSR count). The summed E-state index contributed by atoms with van der Waals surface area (Å²) in [4.78, 5) is 20.5. The fourth-order valence-electron chi connectivity index (χ4n) is 3.14. The molecule has 154 valence electrons. The Morgan fingerprint density at radius 3 is 2.67 bits per heavy atom. The van der Waals surface area contributed by atoms with Gasteiger partial charge in [0, 0.05) is 29.6 Å². The van der Waals surface area contributed by atoms with Crippen LogP contribution in [0.1, 0.15) is 35.1 Å². The number of ketones is 1. The first kappa shape index (κ1) is 21.2. The molecule has 5 nitrogen and oxygen atoms in total. The van der Waals surface area contributed by atoms with E-state index in [-0.39, 0.29) is 5.78 Å². The molecule has 0 aliphatic rings. The van der Waals surface area contributed by atoms with Crippen molar-refractivity contribution in [1.29, 1.82) is 0 Å². The van der Waals surface area contributed by atoms with Gasteiger partial charge in [-0.05, 0) is 74.6 Å². The minimum absolute atomic E-state index is 0.0853. The van der Waals surface area contributed by atoms with Gasteiger partial charge in [-0.25, -0.2) is 4.98 Å². The summed E-state index contributed by atoms with van der Waals surface area (Å²) in [5.74, 6) is 1.40. The molecule has 0 atom stereocenters. The second-order valence-electron chi connectivity index (χ2n) is 7.52. The predicted octanol–water partition coefficient (Wildman–Crippen LogP) is 5.97. The molecule has 3 aromatic rings. The maximum atomic E-state index is 11.4. The topological polar surface area (TPSA) is 66.9 Å². The number of benzene rings is 2. The van der Waals surface area contributed by atoms with Crippen molar-refractivity contribution in [1.82, 2.24) is 9.97 Å². The fraction of sp³-hybridized carbons (Fsp3) is 0.240. The van der Waals surface area contributed by atoms with Crippen molar-refractivity contribution in [2.75, 3.05) is 10.6 Å². The molecule has 0 saturated heterocycles. The summed E-state index contributed by atoms with van der Waals surface area (Å²) >= 11 is 0. The maximum absolute atomic E-state index is 11.4. The highest BCUT2D eigenvalue weighted by Gasteiger charge is 2.08. The molecule has 0 radical (unpaired) electrons. The Labute approximate surface area is 178 Å². The van der Waals surface area contributed by atoms with E-state index < -0.39 is 0 Å². The number of rotatable bonds is 9. The van der Waals surface area contributed by atoms with E-state index in [1.165, 1.54) is 17.2 Å². The van der Waals surface area contributed by atoms with Crippen molar-refractivity contribution in [3.05, 3.63) is 83.6 Å². The zero-order chi connectivity index (χ0) is 21.5. The standard InChI is InChI=1S/C25H28N4O/c1-5-22(30)11-7-9-20-13-12-18(3)23(15-20)28-25-26-16-19(4)24(29-25)27-21-10-6-8-17(2)14-21/h5-6,8,10,12-16H,1,7,9,11H2,2-4H3,(H2,26,27,28,29). The van der Waals surface area contributed by atoms with Crippen molar-refractivity contribution >= 4 is 28.9 Å². The first-order valence-corrected chi connectivity index (χ1v) is 10.1. The van der Waals surface area contributed by atoms with Crippen molar-refractivity contribution in [3.8, 4) is 0 Å². The number of nitrogens with one attached hydrogen (secondary N) is 2. The zero-order valence-electron chi connectivity index (χ0n) is 17.8. The molecule has 30 heavy (non-hydrogen) atoms. The predicted molar refractivity (Wildman–Crippen MR) is 124 cm³/mol. The zero-order valence-corrected chi connectivity index (χ0v) is 17.8. The van der Waals surface area contributed by atoms with Crippen LogP contribution < -0.4 is 10.6 Å². The average Bonchev–Trinajstić information content (AvgIpc) is 2.72. The van der Waals surface area contributed by atoms with Crippen LogP contribution in [0.2, 0.25) is 0 Å². The molecule has 2 N–H and O–H groups in total. The normalized spacial score (nSPS) is 10.5. The van der Waals surface area contributed by atoms with Crippen LogP contribution in [0.5, 0.6) is 0 Å². The number of carbonyl (C=O) groups excluding carboxylic acids is 1. The molecular weight excluding hydrogens is 372 g/mol. The van der Waals surface area contributed by atoms with E-state index in [9.17, 15) is 4.79 Å². The van der Waals surface area contributed by atoms with Gasteiger partial charge in [0.05, 0.1) is 0 Å². The molecule has 0 fully saturated rings. The lowest BCUT2D eigenvalue weighted by atomic mass is 10.0. The molecule has 2 aromatic carbocycles. The molecule has 1 heterocycles. The Kier molecular flexibility index (Phi) is 6.96. The molecule has 0 saturated carbocycles. The third-order valence-corrected chi connectivity index (χ3v) is 4.92. The third kappa shape index (κ3) is 5.77. The Morgan fingerprint density at radius 2 is 1.90 bits per heavy atom. The van der Waals surface area contributed by atoms with E-state index in [0.717, 1.165) is 41.2 Å². The Morgan fingerprint density at radius 1 is 1.07 bits per heavy atom. The largest absolute Gasteiger partial charge is 0.340 e. The van der Waals surface area contributed by atoms with Gasteiger partial charge in [-0.2, -0.15) is 4.98 Å². The molecule has 0 aliphatic carbocycles. The van der Waals surface area contributed by atoms with E-state index in [4.69, 9.17) is 0 Å². The van der Waals surface area contributed by atoms with Gasteiger partial charge in [0.15, 0.2) is 5.78 Å². The SMILES string of the molecule is C=CC(=O)CCCc1ccc(C)c(Nc2ncc(C)c(Nc3cccc(C)c3)n2)c1. The van der Waals surface area contributed by atoms with Crippen LogP contribution in [0, 0.1) is 20.8 Å². The van der Waals surface area contributed by atoms with Gasteiger partial charge >= 0.3 is 0 Å². The van der Waals surface area contributed by atoms with Gasteiger partial charge in [-0.3, -0.25) is 4.79 Å². The Balaban J connectivity index is 1.74. The van der Waals surface area contributed by atoms with Gasteiger partial charge in [0.1, 0.15) is 5.82 Å². The third-order valence-electron chi connectivity index (χ3n) is 4.92. The molecule has 5 heteroatoms. The number of hydrogen-bond donors (Lipinski definition) is 2. The fourth-order valence-corrected chi connectivity index (χ4v) is 3.14. The van der Waals surface area contributed by atoms with Crippen molar-refractivity contribution in [2.45, 2.75) is 40.0 Å². The van der Waals surface area contributed by atoms with Crippen LogP contribution in [0.15, 0.2) is 61.3 Å². The number of carbonyl (C=O) groups is 1. The Bertz CT molecular complexity index is 1060. The minimum Gasteiger partial charge on any atom is -0.340 e. The van der Waals surface area contributed by atoms with E-state index in [1.807, 2.05) is 32.2 Å². The summed E-state index contributed by atoms with van der Waals surface area (Å²) in [6.45, 7) is 9.62. The monoisotopic (exact) mass is 400 g/mol. The second-order valence-corrected chi connectivity index (χ2v) is 7.52. The van der Waals surface area contributed by atoms with Gasteiger partial charge in [0.2, 0.25) is 5.95 Å². The van der Waals surface area contributed by atoms with Crippen LogP contribution in [-0.2, 0) is 11.2 Å². The molecule has 0 unspecified atom stereocenters. The molecule has 1 aromatic heterocycles. The first-order chi connectivity index (χ1) is 14.4. The summed E-state index contributed by atoms with van der Waals surface area (Å²) < 4.78 is 0. The Hall–Kier alpha value is -3.47. The number of nitrogens with zero attached hydrogens (tertiary/aromatic N) is 2. The van der Waals surface area contributed by atoms with E-state index in [1.54, 1.807) is 0 Å². The summed E-state index contributed by atoms with van der Waals surface area (Å²) in [6, 6.07) is 14.5.